The number of nitrogens with two attached hydrogens (primary N) is 1. The first kappa shape index (κ1) is 15.7. The summed E-state index contributed by atoms with van der Waals surface area (Å²) in [5.74, 6) is 0.677. The van der Waals surface area contributed by atoms with E-state index in [-0.39, 0.29) is 5.75 Å². The molecule has 3 nitrogen and oxygen atoms in total. The highest BCUT2D eigenvalue weighted by molar-refractivity contribution is 5.61. The Balaban J connectivity index is 2.03. The van der Waals surface area contributed by atoms with Crippen LogP contribution in [0, 0.1) is 0 Å². The third-order valence-electron chi connectivity index (χ3n) is 3.30. The fraction of sp³-hybridized carbons (Fsp3) is 0.625. The van der Waals surface area contributed by atoms with Crippen LogP contribution in [0.5, 0.6) is 11.5 Å². The number of anilines is 1. The molecule has 0 fully saturated rings. The quantitative estimate of drug-likeness (QED) is 0.372. The normalized spacial score (nSPS) is 10.6. The Kier molecular flexibility index (Phi) is 7.87. The molecule has 1 rings (SSSR count). The maximum atomic E-state index is 9.44. The fourth-order valence-corrected chi connectivity index (χ4v) is 2.08. The minimum absolute atomic E-state index is 0.0911. The van der Waals surface area contributed by atoms with Crippen LogP contribution in [0.3, 0.4) is 0 Å². The van der Waals surface area contributed by atoms with Gasteiger partial charge in [-0.2, -0.15) is 0 Å². The largest absolute Gasteiger partial charge is 0.506 e. The summed E-state index contributed by atoms with van der Waals surface area (Å²) in [4.78, 5) is 0. The Hall–Kier alpha value is -1.38. The summed E-state index contributed by atoms with van der Waals surface area (Å²) in [6, 6.07) is 5.10. The molecular weight excluding hydrogens is 238 g/mol. The van der Waals surface area contributed by atoms with E-state index in [4.69, 9.17) is 10.5 Å². The van der Waals surface area contributed by atoms with Crippen molar-refractivity contribution in [3.63, 3.8) is 0 Å². The monoisotopic (exact) mass is 265 g/mol. The molecule has 0 atom stereocenters. The summed E-state index contributed by atoms with van der Waals surface area (Å²) < 4.78 is 5.58. The minimum atomic E-state index is 0.0911. The molecule has 0 spiro atoms. The molecule has 3 N–H and O–H groups in total. The van der Waals surface area contributed by atoms with Gasteiger partial charge in [0, 0.05) is 0 Å². The molecular formula is C16H27NO2. The molecule has 0 unspecified atom stereocenters. The highest BCUT2D eigenvalue weighted by atomic mass is 16.5. The first-order valence-corrected chi connectivity index (χ1v) is 7.46. The topological polar surface area (TPSA) is 55.5 Å². The summed E-state index contributed by atoms with van der Waals surface area (Å²) in [7, 11) is 0. The average molecular weight is 265 g/mol. The molecule has 1 aromatic rings. The molecule has 19 heavy (non-hydrogen) atoms. The number of phenolic OH excluding ortho intramolecular Hbond substituents is 1. The molecule has 0 saturated heterocycles. The summed E-state index contributed by atoms with van der Waals surface area (Å²) in [5.41, 5.74) is 6.05. The summed E-state index contributed by atoms with van der Waals surface area (Å²) in [6.45, 7) is 2.91. The molecule has 108 valence electrons. The van der Waals surface area contributed by atoms with Gasteiger partial charge < -0.3 is 15.6 Å². The number of hydrogen-bond donors (Lipinski definition) is 2. The van der Waals surface area contributed by atoms with Crippen LogP contribution in [0.25, 0.3) is 0 Å². The van der Waals surface area contributed by atoms with Crippen LogP contribution in [0.1, 0.15) is 58.3 Å². The SMILES string of the molecule is CCCCCCCCCCOc1cccc(O)c1N. The zero-order valence-corrected chi connectivity index (χ0v) is 12.0. The molecule has 0 aromatic heterocycles. The Labute approximate surface area is 116 Å². The van der Waals surface area contributed by atoms with Crippen molar-refractivity contribution in [2.24, 2.45) is 0 Å². The standard InChI is InChI=1S/C16H27NO2/c1-2-3-4-5-6-7-8-9-13-19-15-12-10-11-14(18)16(15)17/h10-12,18H,2-9,13,17H2,1H3. The highest BCUT2D eigenvalue weighted by Crippen LogP contribution is 2.30. The van der Waals surface area contributed by atoms with Crippen molar-refractivity contribution in [3.05, 3.63) is 18.2 Å². The maximum absolute atomic E-state index is 9.44. The van der Waals surface area contributed by atoms with Gasteiger partial charge in [0.2, 0.25) is 0 Å². The molecule has 0 aliphatic heterocycles. The van der Waals surface area contributed by atoms with E-state index < -0.39 is 0 Å². The number of aromatic hydroxyl groups is 1. The van der Waals surface area contributed by atoms with Crippen molar-refractivity contribution in [2.45, 2.75) is 58.3 Å². The number of ether oxygens (including phenoxy) is 1. The van der Waals surface area contributed by atoms with Gasteiger partial charge in [0.15, 0.2) is 0 Å². The van der Waals surface area contributed by atoms with E-state index in [9.17, 15) is 5.11 Å². The van der Waals surface area contributed by atoms with Crippen molar-refractivity contribution in [1.29, 1.82) is 0 Å². The van der Waals surface area contributed by atoms with Crippen molar-refractivity contribution >= 4 is 5.69 Å². The van der Waals surface area contributed by atoms with E-state index in [0.717, 1.165) is 6.42 Å². The van der Waals surface area contributed by atoms with Gasteiger partial charge in [0.25, 0.3) is 0 Å². The van der Waals surface area contributed by atoms with Gasteiger partial charge in [0.05, 0.1) is 6.61 Å². The van der Waals surface area contributed by atoms with Crippen LogP contribution in [0.15, 0.2) is 18.2 Å². The number of unbranched alkanes of at least 4 members (excludes halogenated alkanes) is 7. The second-order valence-corrected chi connectivity index (χ2v) is 5.01. The van der Waals surface area contributed by atoms with Crippen LogP contribution in [-0.4, -0.2) is 11.7 Å². The fourth-order valence-electron chi connectivity index (χ4n) is 2.08. The van der Waals surface area contributed by atoms with Gasteiger partial charge in [-0.1, -0.05) is 57.9 Å². The number of nitrogen functional groups attached to an aromatic ring is 1. The number of phenols is 1. The lowest BCUT2D eigenvalue weighted by Crippen LogP contribution is -2.00. The van der Waals surface area contributed by atoms with E-state index in [1.165, 1.54) is 44.9 Å². The highest BCUT2D eigenvalue weighted by Gasteiger charge is 2.03. The Morgan fingerprint density at radius 2 is 1.63 bits per heavy atom. The Morgan fingerprint density at radius 3 is 2.32 bits per heavy atom. The molecule has 0 bridgehead atoms. The second kappa shape index (κ2) is 9.54. The molecule has 0 radical (unpaired) electrons. The Morgan fingerprint density at radius 1 is 1.00 bits per heavy atom. The van der Waals surface area contributed by atoms with Crippen molar-refractivity contribution in [3.8, 4) is 11.5 Å². The van der Waals surface area contributed by atoms with Crippen molar-refractivity contribution in [1.82, 2.24) is 0 Å². The third kappa shape index (κ3) is 6.37. The van der Waals surface area contributed by atoms with Crippen molar-refractivity contribution < 1.29 is 9.84 Å². The van der Waals surface area contributed by atoms with E-state index in [1.54, 1.807) is 18.2 Å². The first-order chi connectivity index (χ1) is 9.25. The average Bonchev–Trinajstić information content (AvgIpc) is 2.41. The van der Waals surface area contributed by atoms with E-state index in [1.807, 2.05) is 0 Å². The number of para-hydroxylation sites is 1. The van der Waals surface area contributed by atoms with Gasteiger partial charge in [0.1, 0.15) is 17.2 Å². The summed E-state index contributed by atoms with van der Waals surface area (Å²) in [6.07, 6.45) is 10.2. The molecule has 0 saturated carbocycles. The van der Waals surface area contributed by atoms with E-state index in [0.29, 0.717) is 18.0 Å². The minimum Gasteiger partial charge on any atom is -0.506 e. The van der Waals surface area contributed by atoms with Gasteiger partial charge >= 0.3 is 0 Å². The number of hydrogen-bond acceptors (Lipinski definition) is 3. The van der Waals surface area contributed by atoms with Crippen LogP contribution in [0.4, 0.5) is 5.69 Å². The lowest BCUT2D eigenvalue weighted by Gasteiger charge is -2.09. The summed E-state index contributed by atoms with van der Waals surface area (Å²) >= 11 is 0. The molecule has 0 heterocycles. The summed E-state index contributed by atoms with van der Waals surface area (Å²) in [5, 5.41) is 9.44. The smallest absolute Gasteiger partial charge is 0.145 e. The lowest BCUT2D eigenvalue weighted by molar-refractivity contribution is 0.304. The van der Waals surface area contributed by atoms with E-state index >= 15 is 0 Å². The van der Waals surface area contributed by atoms with Crippen molar-refractivity contribution in [2.75, 3.05) is 12.3 Å². The van der Waals surface area contributed by atoms with Gasteiger partial charge in [-0.25, -0.2) is 0 Å². The Bertz CT molecular complexity index is 353. The molecule has 0 amide bonds. The van der Waals surface area contributed by atoms with Crippen LogP contribution < -0.4 is 10.5 Å². The predicted octanol–water partition coefficient (Wildman–Crippen LogP) is 4.49. The zero-order valence-electron chi connectivity index (χ0n) is 12.0. The molecule has 3 heteroatoms. The van der Waals surface area contributed by atoms with Crippen LogP contribution >= 0.6 is 0 Å². The molecule has 1 aromatic carbocycles. The van der Waals surface area contributed by atoms with Gasteiger partial charge in [-0.05, 0) is 18.6 Å². The second-order valence-electron chi connectivity index (χ2n) is 5.01. The number of rotatable bonds is 10. The first-order valence-electron chi connectivity index (χ1n) is 7.46. The maximum Gasteiger partial charge on any atom is 0.145 e. The third-order valence-corrected chi connectivity index (χ3v) is 3.30. The predicted molar refractivity (Wildman–Crippen MR) is 80.6 cm³/mol. The zero-order chi connectivity index (χ0) is 13.9. The molecule has 0 aliphatic carbocycles. The van der Waals surface area contributed by atoms with Gasteiger partial charge in [-0.3, -0.25) is 0 Å². The van der Waals surface area contributed by atoms with Gasteiger partial charge in [-0.15, -0.1) is 0 Å². The van der Waals surface area contributed by atoms with E-state index in [2.05, 4.69) is 6.92 Å². The van der Waals surface area contributed by atoms with Crippen LogP contribution in [-0.2, 0) is 0 Å². The lowest BCUT2D eigenvalue weighted by atomic mass is 10.1. The molecule has 0 aliphatic rings. The number of benzene rings is 1. The van der Waals surface area contributed by atoms with Crippen LogP contribution in [0.2, 0.25) is 0 Å².